The molecule has 0 spiro atoms. The normalized spacial score (nSPS) is 18.3. The van der Waals surface area contributed by atoms with Gasteiger partial charge in [-0.1, -0.05) is 12.8 Å². The second kappa shape index (κ2) is 12.9. The summed E-state index contributed by atoms with van der Waals surface area (Å²) < 4.78 is 0. The van der Waals surface area contributed by atoms with Gasteiger partial charge < -0.3 is 26.7 Å². The molecule has 2 aliphatic rings. The number of hydrogen-bond donors (Lipinski definition) is 5. The Morgan fingerprint density at radius 1 is 1.26 bits per heavy atom. The number of rotatable bonds is 9. The zero-order valence-corrected chi connectivity index (χ0v) is 21.0. The number of nitrogens with one attached hydrogen (secondary N) is 3. The highest BCUT2D eigenvalue weighted by molar-refractivity contribution is 8.26. The monoisotopic (exact) mass is 494 g/mol. The maximum Gasteiger partial charge on any atom is 0.166 e. The molecule has 10 heteroatoms. The number of hydrogen-bond acceptors (Lipinski definition) is 8. The van der Waals surface area contributed by atoms with Crippen LogP contribution in [0.1, 0.15) is 37.7 Å². The van der Waals surface area contributed by atoms with Gasteiger partial charge in [0.05, 0.1) is 28.2 Å². The molecule has 0 bridgehead atoms. The van der Waals surface area contributed by atoms with E-state index in [0.717, 1.165) is 75.2 Å². The number of aromatic nitrogens is 2. The van der Waals surface area contributed by atoms with Crippen LogP contribution in [0.4, 0.5) is 5.82 Å². The van der Waals surface area contributed by atoms with Crippen molar-refractivity contribution in [2.75, 3.05) is 39.3 Å². The summed E-state index contributed by atoms with van der Waals surface area (Å²) in [6, 6.07) is 5.61. The molecular formula is C25H36N9S+. The lowest BCUT2D eigenvalue weighted by Gasteiger charge is -2.26. The van der Waals surface area contributed by atoms with Crippen LogP contribution in [-0.4, -0.2) is 70.6 Å². The Kier molecular flexibility index (Phi) is 9.35. The fourth-order valence-corrected chi connectivity index (χ4v) is 5.31. The number of pyridine rings is 2. The highest BCUT2D eigenvalue weighted by Gasteiger charge is 2.21. The summed E-state index contributed by atoms with van der Waals surface area (Å²) in [5.74, 6) is 0.816. The molecule has 1 saturated heterocycles. The lowest BCUT2D eigenvalue weighted by atomic mass is 10.1. The largest absolute Gasteiger partial charge is 0.378 e. The van der Waals surface area contributed by atoms with E-state index in [1.54, 1.807) is 12.3 Å². The minimum atomic E-state index is 0.315. The van der Waals surface area contributed by atoms with E-state index in [2.05, 4.69) is 30.5 Å². The molecule has 4 rings (SSSR count). The van der Waals surface area contributed by atoms with Crippen molar-refractivity contribution < 1.29 is 5.32 Å². The van der Waals surface area contributed by atoms with Gasteiger partial charge >= 0.3 is 0 Å². The van der Waals surface area contributed by atoms with Crippen LogP contribution in [0.5, 0.6) is 0 Å². The molecule has 7 N–H and O–H groups in total. The third-order valence-corrected chi connectivity index (χ3v) is 7.38. The summed E-state index contributed by atoms with van der Waals surface area (Å²) >= 11 is 1.24. The van der Waals surface area contributed by atoms with E-state index in [4.69, 9.17) is 16.6 Å². The van der Waals surface area contributed by atoms with Crippen LogP contribution < -0.4 is 16.4 Å². The van der Waals surface area contributed by atoms with E-state index in [1.807, 2.05) is 18.3 Å². The first-order valence-corrected chi connectivity index (χ1v) is 13.3. The van der Waals surface area contributed by atoms with Gasteiger partial charge in [0, 0.05) is 63.0 Å². The molecule has 2 aromatic heterocycles. The van der Waals surface area contributed by atoms with E-state index in [0.29, 0.717) is 27.5 Å². The lowest BCUT2D eigenvalue weighted by molar-refractivity contribution is -0.587. The number of nitrogens with two attached hydrogens (primary N) is 2. The summed E-state index contributed by atoms with van der Waals surface area (Å²) in [4.78, 5) is 16.1. The third-order valence-electron chi connectivity index (χ3n) is 6.53. The maximum absolute atomic E-state index is 8.28. The standard InChI is InChI=1S/C25H35N9S/c26-15-20(16-30-8-3-11-34-12-9-29-10-13-34)19-14-22-21(31-17-19)6-7-23(32-22)33-25(28)35-24(27)18-4-1-2-5-18/h6-7,14-18,26-27,29-30H,1-5,8-13H2,(H2,28,32,33)/p+1/b20-16+,26-15?,27-24?. The van der Waals surface area contributed by atoms with Crippen LogP contribution in [0, 0.1) is 16.7 Å². The van der Waals surface area contributed by atoms with Gasteiger partial charge in [-0.15, -0.1) is 0 Å². The molecule has 35 heavy (non-hydrogen) atoms. The van der Waals surface area contributed by atoms with Crippen LogP contribution in [0.3, 0.4) is 0 Å². The Morgan fingerprint density at radius 3 is 2.83 bits per heavy atom. The van der Waals surface area contributed by atoms with Crippen molar-refractivity contribution in [2.45, 2.75) is 32.1 Å². The highest BCUT2D eigenvalue weighted by Crippen LogP contribution is 2.30. The second-order valence-corrected chi connectivity index (χ2v) is 10.1. The average molecular weight is 495 g/mol. The van der Waals surface area contributed by atoms with Gasteiger partial charge in [-0.2, -0.15) is 0 Å². The van der Waals surface area contributed by atoms with E-state index < -0.39 is 0 Å². The molecule has 1 saturated carbocycles. The van der Waals surface area contributed by atoms with Crippen molar-refractivity contribution in [3.05, 3.63) is 36.2 Å². The smallest absolute Gasteiger partial charge is 0.166 e. The van der Waals surface area contributed by atoms with Crippen molar-refractivity contribution >= 4 is 50.6 Å². The molecule has 0 amide bonds. The quantitative estimate of drug-likeness (QED) is 0.206. The molecule has 2 fully saturated rings. The van der Waals surface area contributed by atoms with E-state index in [1.165, 1.54) is 30.8 Å². The number of amidine groups is 1. The minimum absolute atomic E-state index is 0.315. The van der Waals surface area contributed by atoms with Crippen molar-refractivity contribution in [2.24, 2.45) is 16.6 Å². The minimum Gasteiger partial charge on any atom is -0.378 e. The second-order valence-electron chi connectivity index (χ2n) is 9.07. The SMILES string of the molecule is N=C/C(=C\[NH2+]CCCN1CCNCC1)c1cnc2ccc(N=C(N)SC(=N)C3CCCC3)nc2c1. The third kappa shape index (κ3) is 7.41. The molecule has 1 aliphatic carbocycles. The van der Waals surface area contributed by atoms with E-state index in [-0.39, 0.29) is 0 Å². The number of thioether (sulfide) groups is 1. The maximum atomic E-state index is 8.28. The van der Waals surface area contributed by atoms with Gasteiger partial charge in [-0.05, 0) is 42.8 Å². The zero-order valence-electron chi connectivity index (χ0n) is 20.2. The molecule has 0 radical (unpaired) electrons. The number of quaternary nitrogens is 1. The lowest BCUT2D eigenvalue weighted by Crippen LogP contribution is -2.78. The van der Waals surface area contributed by atoms with Crippen LogP contribution in [0.2, 0.25) is 0 Å². The van der Waals surface area contributed by atoms with Crippen molar-refractivity contribution in [1.29, 1.82) is 10.8 Å². The summed E-state index contributed by atoms with van der Waals surface area (Å²) in [7, 11) is 0. The number of piperazine rings is 1. The summed E-state index contributed by atoms with van der Waals surface area (Å²) in [5.41, 5.74) is 9.24. The van der Waals surface area contributed by atoms with Crippen LogP contribution in [-0.2, 0) is 0 Å². The topological polar surface area (TPSA) is 144 Å². The van der Waals surface area contributed by atoms with Crippen LogP contribution in [0.15, 0.2) is 35.6 Å². The Hall–Kier alpha value is -2.66. The molecule has 2 aromatic rings. The number of aliphatic imine (C=N–C) groups is 1. The fraction of sp³-hybridized carbons (Fsp3) is 0.480. The van der Waals surface area contributed by atoms with Crippen molar-refractivity contribution in [3.8, 4) is 0 Å². The molecule has 3 heterocycles. The average Bonchev–Trinajstić information content (AvgIpc) is 3.42. The van der Waals surface area contributed by atoms with Crippen LogP contribution in [0.25, 0.3) is 16.6 Å². The van der Waals surface area contributed by atoms with Crippen molar-refractivity contribution in [3.63, 3.8) is 0 Å². The first-order chi connectivity index (χ1) is 17.1. The number of allylic oxidation sites excluding steroid dienone is 1. The predicted octanol–water partition coefficient (Wildman–Crippen LogP) is 2.33. The fourth-order valence-electron chi connectivity index (χ4n) is 4.54. The molecule has 0 atom stereocenters. The summed E-state index contributed by atoms with van der Waals surface area (Å²) in [5, 5.41) is 22.6. The molecular weight excluding hydrogens is 458 g/mol. The van der Waals surface area contributed by atoms with E-state index >= 15 is 0 Å². The van der Waals surface area contributed by atoms with Gasteiger partial charge in [0.1, 0.15) is 6.20 Å². The first-order valence-electron chi connectivity index (χ1n) is 12.5. The molecule has 0 unspecified atom stereocenters. The summed E-state index contributed by atoms with van der Waals surface area (Å²) in [6.45, 7) is 6.48. The molecule has 9 nitrogen and oxygen atoms in total. The Balaban J connectivity index is 1.38. The van der Waals surface area contributed by atoms with Gasteiger partial charge in [0.2, 0.25) is 0 Å². The van der Waals surface area contributed by atoms with Gasteiger partial charge in [0.15, 0.2) is 11.0 Å². The summed E-state index contributed by atoms with van der Waals surface area (Å²) in [6.07, 6.45) is 10.8. The van der Waals surface area contributed by atoms with Gasteiger partial charge in [-0.25, -0.2) is 9.98 Å². The zero-order chi connectivity index (χ0) is 24.5. The molecule has 186 valence electrons. The molecule has 1 aliphatic heterocycles. The van der Waals surface area contributed by atoms with Crippen molar-refractivity contribution in [1.82, 2.24) is 20.2 Å². The Morgan fingerprint density at radius 2 is 2.06 bits per heavy atom. The molecule has 0 aromatic carbocycles. The first kappa shape index (κ1) is 25.4. The number of nitrogens with zero attached hydrogens (tertiary/aromatic N) is 4. The number of fused-ring (bicyclic) bond motifs is 1. The van der Waals surface area contributed by atoms with Gasteiger partial charge in [-0.3, -0.25) is 10.4 Å². The van der Waals surface area contributed by atoms with E-state index in [9.17, 15) is 0 Å². The van der Waals surface area contributed by atoms with Crippen LogP contribution >= 0.6 is 11.8 Å². The highest BCUT2D eigenvalue weighted by atomic mass is 32.2. The Labute approximate surface area is 211 Å². The Bertz CT molecular complexity index is 1090. The van der Waals surface area contributed by atoms with Gasteiger partial charge in [0.25, 0.3) is 0 Å². The predicted molar refractivity (Wildman–Crippen MR) is 146 cm³/mol.